The van der Waals surface area contributed by atoms with Crippen LogP contribution < -0.4 is 5.32 Å². The van der Waals surface area contributed by atoms with Gasteiger partial charge in [0.2, 0.25) is 0 Å². The largest absolute Gasteiger partial charge is 0.346 e. The van der Waals surface area contributed by atoms with Crippen LogP contribution in [0.4, 0.5) is 0 Å². The Morgan fingerprint density at radius 2 is 2.00 bits per heavy atom. The van der Waals surface area contributed by atoms with Gasteiger partial charge in [-0.3, -0.25) is 4.79 Å². The molecule has 3 nitrogen and oxygen atoms in total. The molecule has 0 aliphatic heterocycles. The summed E-state index contributed by atoms with van der Waals surface area (Å²) in [5, 5.41) is 3.37. The van der Waals surface area contributed by atoms with Crippen LogP contribution in [0.1, 0.15) is 15.4 Å². The summed E-state index contributed by atoms with van der Waals surface area (Å²) in [6.45, 7) is 0.503. The molecule has 0 spiro atoms. The van der Waals surface area contributed by atoms with E-state index in [1.165, 1.54) is 11.3 Å². The zero-order chi connectivity index (χ0) is 13.1. The maximum absolute atomic E-state index is 12.0. The monoisotopic (exact) mass is 267 g/mol. The molecule has 3 rings (SSSR count). The van der Waals surface area contributed by atoms with Crippen LogP contribution in [-0.2, 0) is 6.54 Å². The lowest BCUT2D eigenvalue weighted by molar-refractivity contribution is 0.0951. The van der Waals surface area contributed by atoms with Crippen molar-refractivity contribution in [3.05, 3.63) is 65.2 Å². The molecule has 1 aromatic heterocycles. The van der Waals surface area contributed by atoms with Gasteiger partial charge in [-0.25, -0.2) is 4.98 Å². The molecule has 0 unspecified atom stereocenters. The maximum atomic E-state index is 12.0. The van der Waals surface area contributed by atoms with Crippen LogP contribution in [0.5, 0.6) is 0 Å². The van der Waals surface area contributed by atoms with Gasteiger partial charge in [0.05, 0.1) is 10.2 Å². The standard InChI is InChI=1S/C15H11N2OS/c18-14(16-10-11-6-2-1-3-7-11)15-17-12-8-4-5-9-13(12)19-15/h2-9H,10H2,(H,16,18). The van der Waals surface area contributed by atoms with Crippen molar-refractivity contribution in [2.24, 2.45) is 0 Å². The summed E-state index contributed by atoms with van der Waals surface area (Å²) >= 11 is 1.41. The minimum Gasteiger partial charge on any atom is -0.346 e. The normalized spacial score (nSPS) is 10.5. The van der Waals surface area contributed by atoms with Crippen LogP contribution in [0, 0.1) is 6.07 Å². The molecule has 19 heavy (non-hydrogen) atoms. The Morgan fingerprint density at radius 3 is 2.79 bits per heavy atom. The molecule has 0 fully saturated rings. The van der Waals surface area contributed by atoms with E-state index < -0.39 is 0 Å². The van der Waals surface area contributed by atoms with Crippen molar-refractivity contribution in [1.29, 1.82) is 0 Å². The number of thiazole rings is 1. The van der Waals surface area contributed by atoms with Gasteiger partial charge in [-0.05, 0) is 23.8 Å². The van der Waals surface area contributed by atoms with Gasteiger partial charge in [0.25, 0.3) is 5.91 Å². The number of hydrogen-bond acceptors (Lipinski definition) is 3. The highest BCUT2D eigenvalue weighted by molar-refractivity contribution is 7.20. The molecular weight excluding hydrogens is 256 g/mol. The number of nitrogens with zero attached hydrogens (tertiary/aromatic N) is 1. The Hall–Kier alpha value is -2.20. The first-order chi connectivity index (χ1) is 9.33. The average Bonchev–Trinajstić information content (AvgIpc) is 2.90. The maximum Gasteiger partial charge on any atom is 0.280 e. The Balaban J connectivity index is 1.73. The summed E-state index contributed by atoms with van der Waals surface area (Å²) in [5.74, 6) is -0.131. The summed E-state index contributed by atoms with van der Waals surface area (Å²) in [4.78, 5) is 16.3. The van der Waals surface area contributed by atoms with Crippen molar-refractivity contribution in [1.82, 2.24) is 10.3 Å². The molecule has 0 aliphatic carbocycles. The van der Waals surface area contributed by atoms with Crippen molar-refractivity contribution in [2.45, 2.75) is 6.54 Å². The van der Waals surface area contributed by atoms with Gasteiger partial charge >= 0.3 is 0 Å². The van der Waals surface area contributed by atoms with E-state index >= 15 is 0 Å². The molecule has 3 aromatic rings. The number of carbonyl (C=O) groups is 1. The number of amides is 1. The second-order valence-electron chi connectivity index (χ2n) is 4.08. The third kappa shape index (κ3) is 2.63. The number of nitrogens with one attached hydrogen (secondary N) is 1. The number of carbonyl (C=O) groups excluding carboxylic acids is 1. The Labute approximate surface area is 114 Å². The molecule has 0 saturated carbocycles. The SMILES string of the molecule is O=C(NCc1cc[c]cc1)c1nc2ccccc2s1. The molecule has 1 heterocycles. The van der Waals surface area contributed by atoms with E-state index in [0.717, 1.165) is 15.8 Å². The summed E-state index contributed by atoms with van der Waals surface area (Å²) in [6, 6.07) is 18.2. The molecule has 0 atom stereocenters. The van der Waals surface area contributed by atoms with Gasteiger partial charge in [-0.15, -0.1) is 11.3 Å². The number of aromatic nitrogens is 1. The summed E-state index contributed by atoms with van der Waals surface area (Å²) in [6.07, 6.45) is 0. The molecule has 0 aliphatic rings. The van der Waals surface area contributed by atoms with Gasteiger partial charge in [0.15, 0.2) is 5.01 Å². The molecule has 1 amide bonds. The van der Waals surface area contributed by atoms with Crippen molar-refractivity contribution in [3.63, 3.8) is 0 Å². The van der Waals surface area contributed by atoms with Crippen molar-refractivity contribution in [3.8, 4) is 0 Å². The molecular formula is C15H11N2OS. The van der Waals surface area contributed by atoms with Crippen LogP contribution in [0.3, 0.4) is 0 Å². The molecule has 0 bridgehead atoms. The number of hydrogen-bond donors (Lipinski definition) is 1. The number of benzene rings is 2. The smallest absolute Gasteiger partial charge is 0.280 e. The third-order valence-electron chi connectivity index (χ3n) is 2.73. The van der Waals surface area contributed by atoms with E-state index in [0.29, 0.717) is 11.6 Å². The molecule has 2 aromatic carbocycles. The second-order valence-corrected chi connectivity index (χ2v) is 5.11. The molecule has 1 N–H and O–H groups in total. The first-order valence-electron chi connectivity index (χ1n) is 5.92. The first kappa shape index (κ1) is 11.9. The Bertz CT molecular complexity index is 673. The fourth-order valence-electron chi connectivity index (χ4n) is 1.77. The lowest BCUT2D eigenvalue weighted by atomic mass is 10.2. The lowest BCUT2D eigenvalue weighted by Crippen LogP contribution is -2.22. The molecule has 93 valence electrons. The summed E-state index contributed by atoms with van der Waals surface area (Å²) in [5.41, 5.74) is 1.92. The fourth-order valence-corrected chi connectivity index (χ4v) is 2.65. The molecule has 1 radical (unpaired) electrons. The van der Waals surface area contributed by atoms with E-state index in [4.69, 9.17) is 0 Å². The van der Waals surface area contributed by atoms with Gasteiger partial charge in [-0.2, -0.15) is 0 Å². The predicted octanol–water partition coefficient (Wildman–Crippen LogP) is 3.03. The minimum absolute atomic E-state index is 0.131. The van der Waals surface area contributed by atoms with Crippen LogP contribution >= 0.6 is 11.3 Å². The Morgan fingerprint density at radius 1 is 1.21 bits per heavy atom. The zero-order valence-corrected chi connectivity index (χ0v) is 10.9. The van der Waals surface area contributed by atoms with Crippen molar-refractivity contribution >= 4 is 27.5 Å². The van der Waals surface area contributed by atoms with E-state index in [1.807, 2.05) is 48.5 Å². The average molecular weight is 267 g/mol. The number of fused-ring (bicyclic) bond motifs is 1. The van der Waals surface area contributed by atoms with E-state index in [-0.39, 0.29) is 5.91 Å². The number of rotatable bonds is 3. The van der Waals surface area contributed by atoms with Crippen molar-refractivity contribution < 1.29 is 4.79 Å². The summed E-state index contributed by atoms with van der Waals surface area (Å²) < 4.78 is 1.03. The highest BCUT2D eigenvalue weighted by Crippen LogP contribution is 2.21. The van der Waals surface area contributed by atoms with Crippen LogP contribution in [0.15, 0.2) is 48.5 Å². The first-order valence-corrected chi connectivity index (χ1v) is 6.73. The highest BCUT2D eigenvalue weighted by Gasteiger charge is 2.11. The van der Waals surface area contributed by atoms with E-state index in [2.05, 4.69) is 16.4 Å². The molecule has 4 heteroatoms. The Kier molecular flexibility index (Phi) is 3.25. The predicted molar refractivity (Wildman–Crippen MR) is 76.1 cm³/mol. The lowest BCUT2D eigenvalue weighted by Gasteiger charge is -2.02. The van der Waals surface area contributed by atoms with Crippen LogP contribution in [0.2, 0.25) is 0 Å². The summed E-state index contributed by atoms with van der Waals surface area (Å²) in [7, 11) is 0. The van der Waals surface area contributed by atoms with Gasteiger partial charge in [0, 0.05) is 6.54 Å². The topological polar surface area (TPSA) is 42.0 Å². The van der Waals surface area contributed by atoms with Gasteiger partial charge < -0.3 is 5.32 Å². The van der Waals surface area contributed by atoms with Gasteiger partial charge in [-0.1, -0.05) is 36.4 Å². The quantitative estimate of drug-likeness (QED) is 0.792. The van der Waals surface area contributed by atoms with Crippen LogP contribution in [0.25, 0.3) is 10.2 Å². The third-order valence-corrected chi connectivity index (χ3v) is 3.76. The van der Waals surface area contributed by atoms with Crippen molar-refractivity contribution in [2.75, 3.05) is 0 Å². The van der Waals surface area contributed by atoms with E-state index in [9.17, 15) is 4.79 Å². The zero-order valence-electron chi connectivity index (χ0n) is 10.1. The minimum atomic E-state index is -0.131. The van der Waals surface area contributed by atoms with Crippen LogP contribution in [-0.4, -0.2) is 10.9 Å². The van der Waals surface area contributed by atoms with Gasteiger partial charge in [0.1, 0.15) is 0 Å². The fraction of sp³-hybridized carbons (Fsp3) is 0.0667. The molecule has 0 saturated heterocycles. The van der Waals surface area contributed by atoms with E-state index in [1.54, 1.807) is 0 Å². The number of para-hydroxylation sites is 1. The second kappa shape index (κ2) is 5.20. The highest BCUT2D eigenvalue weighted by atomic mass is 32.1.